The third-order valence-corrected chi connectivity index (χ3v) is 1.28. The van der Waals surface area contributed by atoms with Crippen LogP contribution in [0.4, 0.5) is 0 Å². The van der Waals surface area contributed by atoms with Crippen LogP contribution in [0, 0.1) is 0 Å². The first-order valence-corrected chi connectivity index (χ1v) is 3.80. The predicted molar refractivity (Wildman–Crippen MR) is 42.0 cm³/mol. The van der Waals surface area contributed by atoms with E-state index in [1.165, 1.54) is 6.92 Å². The molecule has 1 atom stereocenters. The Morgan fingerprint density at radius 3 is 2.55 bits per heavy atom. The second-order valence-corrected chi connectivity index (χ2v) is 2.82. The van der Waals surface area contributed by atoms with Crippen molar-refractivity contribution in [1.82, 2.24) is 9.97 Å². The Balaban J connectivity index is 2.66. The van der Waals surface area contributed by atoms with Crippen LogP contribution in [0.2, 0.25) is 0 Å². The molecule has 1 unspecified atom stereocenters. The first kappa shape index (κ1) is 8.42. The fraction of sp³-hybridized carbons (Fsp3) is 0.333. The molecule has 1 rings (SSSR count). The van der Waals surface area contributed by atoms with Crippen LogP contribution in [0.15, 0.2) is 16.9 Å². The number of aliphatic hydroxyl groups is 1. The standard InChI is InChI=1S/C6H7BrN2O2/c1-4(10)11-6-8-2-5(7)3-9-6/h2-4,10H,1H3. The molecule has 4 nitrogen and oxygen atoms in total. The van der Waals surface area contributed by atoms with Gasteiger partial charge in [0.25, 0.3) is 0 Å². The Morgan fingerprint density at radius 2 is 2.09 bits per heavy atom. The van der Waals surface area contributed by atoms with Crippen LogP contribution >= 0.6 is 15.9 Å². The van der Waals surface area contributed by atoms with Gasteiger partial charge in [0.2, 0.25) is 0 Å². The van der Waals surface area contributed by atoms with Crippen molar-refractivity contribution in [3.05, 3.63) is 16.9 Å². The van der Waals surface area contributed by atoms with Crippen LogP contribution in [0.1, 0.15) is 6.92 Å². The molecule has 0 aliphatic heterocycles. The second kappa shape index (κ2) is 3.64. The molecule has 0 aliphatic rings. The van der Waals surface area contributed by atoms with E-state index in [1.807, 2.05) is 0 Å². The molecule has 0 fully saturated rings. The molecule has 0 saturated carbocycles. The lowest BCUT2D eigenvalue weighted by Gasteiger charge is -2.04. The molecule has 11 heavy (non-hydrogen) atoms. The zero-order chi connectivity index (χ0) is 8.27. The third kappa shape index (κ3) is 2.81. The van der Waals surface area contributed by atoms with Gasteiger partial charge in [-0.05, 0) is 22.9 Å². The average Bonchev–Trinajstić information content (AvgIpc) is 1.93. The first-order valence-electron chi connectivity index (χ1n) is 3.01. The highest BCUT2D eigenvalue weighted by Gasteiger charge is 1.99. The first-order chi connectivity index (χ1) is 5.18. The summed E-state index contributed by atoms with van der Waals surface area (Å²) in [6.45, 7) is 1.49. The van der Waals surface area contributed by atoms with Gasteiger partial charge in [0.1, 0.15) is 0 Å². The molecule has 1 aromatic rings. The van der Waals surface area contributed by atoms with Crippen molar-refractivity contribution in [3.8, 4) is 6.01 Å². The Hall–Kier alpha value is -0.680. The summed E-state index contributed by atoms with van der Waals surface area (Å²) in [6, 6.07) is 0.170. The maximum Gasteiger partial charge on any atom is 0.318 e. The normalized spacial score (nSPS) is 12.6. The van der Waals surface area contributed by atoms with E-state index in [0.717, 1.165) is 4.47 Å². The highest BCUT2D eigenvalue weighted by atomic mass is 79.9. The van der Waals surface area contributed by atoms with Gasteiger partial charge in [-0.15, -0.1) is 0 Å². The van der Waals surface area contributed by atoms with Crippen molar-refractivity contribution in [3.63, 3.8) is 0 Å². The molecule has 0 radical (unpaired) electrons. The maximum atomic E-state index is 8.76. The summed E-state index contributed by atoms with van der Waals surface area (Å²) in [5.74, 6) is 0. The van der Waals surface area contributed by atoms with E-state index < -0.39 is 6.29 Å². The molecule has 1 heterocycles. The summed E-state index contributed by atoms with van der Waals surface area (Å²) < 4.78 is 5.56. The van der Waals surface area contributed by atoms with Gasteiger partial charge in [0, 0.05) is 12.4 Å². The lowest BCUT2D eigenvalue weighted by Crippen LogP contribution is -2.11. The largest absolute Gasteiger partial charge is 0.434 e. The van der Waals surface area contributed by atoms with E-state index in [4.69, 9.17) is 9.84 Å². The highest BCUT2D eigenvalue weighted by Crippen LogP contribution is 2.08. The molecule has 5 heteroatoms. The SMILES string of the molecule is CC(O)Oc1ncc(Br)cn1. The molecule has 0 spiro atoms. The number of halogens is 1. The Kier molecular flexibility index (Phi) is 2.78. The molecule has 1 N–H and O–H groups in total. The van der Waals surface area contributed by atoms with Crippen LogP contribution < -0.4 is 4.74 Å². The zero-order valence-electron chi connectivity index (χ0n) is 5.86. The Bertz CT molecular complexity index is 225. The number of hydrogen-bond donors (Lipinski definition) is 1. The summed E-state index contributed by atoms with van der Waals surface area (Å²) in [5, 5.41) is 8.76. The van der Waals surface area contributed by atoms with Crippen molar-refractivity contribution in [2.45, 2.75) is 13.2 Å². The van der Waals surface area contributed by atoms with E-state index in [0.29, 0.717) is 0 Å². The van der Waals surface area contributed by atoms with Gasteiger partial charge >= 0.3 is 6.01 Å². The highest BCUT2D eigenvalue weighted by molar-refractivity contribution is 9.10. The maximum absolute atomic E-state index is 8.76. The predicted octanol–water partition coefficient (Wildman–Crippen LogP) is 0.956. The van der Waals surface area contributed by atoms with Gasteiger partial charge in [-0.25, -0.2) is 9.97 Å². The van der Waals surface area contributed by atoms with Crippen LogP contribution in [0.25, 0.3) is 0 Å². The molecule has 0 bridgehead atoms. The number of aromatic nitrogens is 2. The quantitative estimate of drug-likeness (QED) is 0.752. The van der Waals surface area contributed by atoms with Gasteiger partial charge in [-0.2, -0.15) is 0 Å². The van der Waals surface area contributed by atoms with Crippen LogP contribution in [0.5, 0.6) is 6.01 Å². The van der Waals surface area contributed by atoms with E-state index in [2.05, 4.69) is 25.9 Å². The Morgan fingerprint density at radius 1 is 1.55 bits per heavy atom. The molecule has 0 amide bonds. The monoisotopic (exact) mass is 218 g/mol. The van der Waals surface area contributed by atoms with Crippen LogP contribution in [-0.4, -0.2) is 21.4 Å². The molecule has 0 aliphatic carbocycles. The van der Waals surface area contributed by atoms with Crippen LogP contribution in [0.3, 0.4) is 0 Å². The van der Waals surface area contributed by atoms with Gasteiger partial charge in [-0.1, -0.05) is 0 Å². The minimum Gasteiger partial charge on any atom is -0.434 e. The summed E-state index contributed by atoms with van der Waals surface area (Å²) in [6.07, 6.45) is 2.21. The fourth-order valence-corrected chi connectivity index (χ4v) is 0.719. The van der Waals surface area contributed by atoms with Crippen LogP contribution in [-0.2, 0) is 0 Å². The van der Waals surface area contributed by atoms with E-state index in [9.17, 15) is 0 Å². The number of ether oxygens (including phenoxy) is 1. The second-order valence-electron chi connectivity index (χ2n) is 1.90. The topological polar surface area (TPSA) is 55.2 Å². The minimum absolute atomic E-state index is 0.170. The average molecular weight is 219 g/mol. The van der Waals surface area contributed by atoms with Crippen molar-refractivity contribution in [1.29, 1.82) is 0 Å². The number of hydrogen-bond acceptors (Lipinski definition) is 4. The molecule has 0 saturated heterocycles. The van der Waals surface area contributed by atoms with Gasteiger partial charge in [0.05, 0.1) is 4.47 Å². The van der Waals surface area contributed by atoms with Crippen molar-refractivity contribution < 1.29 is 9.84 Å². The summed E-state index contributed by atoms with van der Waals surface area (Å²) in [5.41, 5.74) is 0. The van der Waals surface area contributed by atoms with E-state index in [1.54, 1.807) is 12.4 Å². The van der Waals surface area contributed by atoms with E-state index in [-0.39, 0.29) is 6.01 Å². The molecular weight excluding hydrogens is 212 g/mol. The summed E-state index contributed by atoms with van der Waals surface area (Å²) in [4.78, 5) is 7.56. The Labute approximate surface area is 72.4 Å². The van der Waals surface area contributed by atoms with E-state index >= 15 is 0 Å². The van der Waals surface area contributed by atoms with Gasteiger partial charge in [0.15, 0.2) is 6.29 Å². The van der Waals surface area contributed by atoms with Crippen molar-refractivity contribution in [2.75, 3.05) is 0 Å². The summed E-state index contributed by atoms with van der Waals surface area (Å²) in [7, 11) is 0. The molecular formula is C6H7BrN2O2. The lowest BCUT2D eigenvalue weighted by molar-refractivity contribution is -0.00739. The zero-order valence-corrected chi connectivity index (χ0v) is 7.45. The number of aliphatic hydroxyl groups excluding tert-OH is 1. The molecule has 60 valence electrons. The third-order valence-electron chi connectivity index (χ3n) is 0.873. The van der Waals surface area contributed by atoms with Gasteiger partial charge in [-0.3, -0.25) is 0 Å². The summed E-state index contributed by atoms with van der Waals surface area (Å²) >= 11 is 3.17. The molecule has 0 aromatic carbocycles. The van der Waals surface area contributed by atoms with Gasteiger partial charge < -0.3 is 9.84 Å². The minimum atomic E-state index is -0.879. The number of nitrogens with zero attached hydrogens (tertiary/aromatic N) is 2. The smallest absolute Gasteiger partial charge is 0.318 e. The lowest BCUT2D eigenvalue weighted by atomic mass is 10.7. The number of rotatable bonds is 2. The fourth-order valence-electron chi connectivity index (χ4n) is 0.514. The van der Waals surface area contributed by atoms with Crippen molar-refractivity contribution in [2.24, 2.45) is 0 Å². The molecule has 1 aromatic heterocycles. The van der Waals surface area contributed by atoms with Crippen molar-refractivity contribution >= 4 is 15.9 Å².